The molecule has 0 atom stereocenters. The number of likely N-dealkylation sites (tertiary alicyclic amines) is 1. The van der Waals surface area contributed by atoms with Gasteiger partial charge in [-0.05, 0) is 67.9 Å². The molecule has 6 nitrogen and oxygen atoms in total. The number of hydrogen-bond acceptors (Lipinski definition) is 5. The highest BCUT2D eigenvalue weighted by Gasteiger charge is 2.25. The van der Waals surface area contributed by atoms with Crippen molar-refractivity contribution in [3.8, 4) is 22.4 Å². The van der Waals surface area contributed by atoms with Gasteiger partial charge in [0.2, 0.25) is 0 Å². The van der Waals surface area contributed by atoms with E-state index >= 15 is 4.39 Å². The molecule has 0 radical (unpaired) electrons. The summed E-state index contributed by atoms with van der Waals surface area (Å²) in [4.78, 5) is 5.64. The van der Waals surface area contributed by atoms with Gasteiger partial charge in [0.1, 0.15) is 28.0 Å². The number of halogens is 3. The van der Waals surface area contributed by atoms with Crippen LogP contribution in [0.25, 0.3) is 22.4 Å². The van der Waals surface area contributed by atoms with Crippen LogP contribution in [0.4, 0.5) is 13.2 Å². The van der Waals surface area contributed by atoms with E-state index in [9.17, 15) is 17.2 Å². The predicted molar refractivity (Wildman–Crippen MR) is 138 cm³/mol. The number of rotatable bonds is 8. The maximum Gasteiger partial charge on any atom is 0.185 e. The minimum absolute atomic E-state index is 0.126. The largest absolute Gasteiger partial charge is 0.301 e. The molecule has 0 unspecified atom stereocenters. The smallest absolute Gasteiger partial charge is 0.185 e. The SMILES string of the molecule is O=S(=O)(Cc1cccc(-c2nn(CCN3CCCCC3)cc2-c2ccncc2)c1F)c1cc(F)ccc1F. The zero-order chi connectivity index (χ0) is 26.7. The van der Waals surface area contributed by atoms with E-state index in [1.54, 1.807) is 29.2 Å². The molecule has 38 heavy (non-hydrogen) atoms. The van der Waals surface area contributed by atoms with Crippen molar-refractivity contribution in [3.63, 3.8) is 0 Å². The summed E-state index contributed by atoms with van der Waals surface area (Å²) < 4.78 is 71.3. The van der Waals surface area contributed by atoms with Crippen LogP contribution >= 0.6 is 0 Å². The van der Waals surface area contributed by atoms with Crippen LogP contribution in [0.1, 0.15) is 24.8 Å². The molecule has 2 aromatic heterocycles. The van der Waals surface area contributed by atoms with Gasteiger partial charge in [0, 0.05) is 41.8 Å². The van der Waals surface area contributed by atoms with Gasteiger partial charge in [0.05, 0.1) is 12.3 Å². The summed E-state index contributed by atoms with van der Waals surface area (Å²) in [6.07, 6.45) is 8.72. The van der Waals surface area contributed by atoms with Crippen molar-refractivity contribution in [3.05, 3.63) is 90.1 Å². The van der Waals surface area contributed by atoms with E-state index in [4.69, 9.17) is 5.10 Å². The fraction of sp³-hybridized carbons (Fsp3) is 0.286. The second-order valence-electron chi connectivity index (χ2n) is 9.41. The Labute approximate surface area is 219 Å². The van der Waals surface area contributed by atoms with Gasteiger partial charge in [-0.1, -0.05) is 18.6 Å². The highest BCUT2D eigenvalue weighted by Crippen LogP contribution is 2.34. The molecule has 1 saturated heterocycles. The van der Waals surface area contributed by atoms with E-state index in [-0.39, 0.29) is 11.1 Å². The molecular formula is C28H27F3N4O2S. The predicted octanol–water partition coefficient (Wildman–Crippen LogP) is 5.49. The molecule has 0 N–H and O–H groups in total. The Hall–Kier alpha value is -3.50. The Morgan fingerprint density at radius 2 is 1.63 bits per heavy atom. The first-order chi connectivity index (χ1) is 18.3. The van der Waals surface area contributed by atoms with Crippen molar-refractivity contribution < 1.29 is 21.6 Å². The fourth-order valence-corrected chi connectivity index (χ4v) is 6.22. The Morgan fingerprint density at radius 3 is 2.39 bits per heavy atom. The normalized spacial score (nSPS) is 14.6. The number of pyridine rings is 1. The van der Waals surface area contributed by atoms with Gasteiger partial charge in [0.25, 0.3) is 0 Å². The molecule has 0 spiro atoms. The topological polar surface area (TPSA) is 68.1 Å². The summed E-state index contributed by atoms with van der Waals surface area (Å²) >= 11 is 0. The number of nitrogens with zero attached hydrogens (tertiary/aromatic N) is 4. The van der Waals surface area contributed by atoms with Gasteiger partial charge in [-0.25, -0.2) is 21.6 Å². The molecule has 0 saturated carbocycles. The first kappa shape index (κ1) is 26.1. The molecule has 0 bridgehead atoms. The molecule has 198 valence electrons. The molecule has 0 aliphatic carbocycles. The van der Waals surface area contributed by atoms with Crippen LogP contribution in [0.15, 0.2) is 72.0 Å². The van der Waals surface area contributed by atoms with Gasteiger partial charge < -0.3 is 4.90 Å². The maximum atomic E-state index is 15.9. The quantitative estimate of drug-likeness (QED) is 0.296. The zero-order valence-electron chi connectivity index (χ0n) is 20.7. The molecule has 4 aromatic rings. The molecule has 3 heterocycles. The van der Waals surface area contributed by atoms with Crippen LogP contribution in [0.5, 0.6) is 0 Å². The lowest BCUT2D eigenvalue weighted by Crippen LogP contribution is -2.32. The number of piperidine rings is 1. The third-order valence-electron chi connectivity index (χ3n) is 6.75. The number of hydrogen-bond donors (Lipinski definition) is 0. The highest BCUT2D eigenvalue weighted by molar-refractivity contribution is 7.90. The first-order valence-electron chi connectivity index (χ1n) is 12.5. The maximum absolute atomic E-state index is 15.9. The molecule has 0 amide bonds. The summed E-state index contributed by atoms with van der Waals surface area (Å²) in [6, 6.07) is 10.2. The summed E-state index contributed by atoms with van der Waals surface area (Å²) in [5.74, 6) is -3.58. The van der Waals surface area contributed by atoms with Gasteiger partial charge in [-0.15, -0.1) is 0 Å². The van der Waals surface area contributed by atoms with E-state index in [0.717, 1.165) is 37.3 Å². The second-order valence-corrected chi connectivity index (χ2v) is 11.4. The molecule has 2 aromatic carbocycles. The number of benzene rings is 2. The average molecular weight is 541 g/mol. The third kappa shape index (κ3) is 5.66. The van der Waals surface area contributed by atoms with Gasteiger partial charge in [-0.3, -0.25) is 9.67 Å². The summed E-state index contributed by atoms with van der Waals surface area (Å²) in [5, 5.41) is 4.69. The molecule has 10 heteroatoms. The van der Waals surface area contributed by atoms with Crippen molar-refractivity contribution in [2.45, 2.75) is 36.5 Å². The van der Waals surface area contributed by atoms with Crippen LogP contribution < -0.4 is 0 Å². The molecule has 1 aliphatic heterocycles. The van der Waals surface area contributed by atoms with Crippen molar-refractivity contribution in [2.24, 2.45) is 0 Å². The van der Waals surface area contributed by atoms with Gasteiger partial charge in [0.15, 0.2) is 9.84 Å². The van der Waals surface area contributed by atoms with E-state index < -0.39 is 37.9 Å². The minimum atomic E-state index is -4.36. The zero-order valence-corrected chi connectivity index (χ0v) is 21.5. The van der Waals surface area contributed by atoms with Crippen LogP contribution in [-0.2, 0) is 22.1 Å². The third-order valence-corrected chi connectivity index (χ3v) is 8.43. The Balaban J connectivity index is 1.50. The van der Waals surface area contributed by atoms with Gasteiger partial charge >= 0.3 is 0 Å². The van der Waals surface area contributed by atoms with E-state index in [1.807, 2.05) is 6.20 Å². The first-order valence-corrected chi connectivity index (χ1v) is 14.1. The highest BCUT2D eigenvalue weighted by atomic mass is 32.2. The average Bonchev–Trinajstić information content (AvgIpc) is 3.35. The van der Waals surface area contributed by atoms with Crippen molar-refractivity contribution in [2.75, 3.05) is 19.6 Å². The summed E-state index contributed by atoms with van der Waals surface area (Å²) in [7, 11) is -4.36. The summed E-state index contributed by atoms with van der Waals surface area (Å²) in [6.45, 7) is 3.52. The fourth-order valence-electron chi connectivity index (χ4n) is 4.78. The van der Waals surface area contributed by atoms with Crippen LogP contribution in [0.3, 0.4) is 0 Å². The van der Waals surface area contributed by atoms with Crippen LogP contribution in [0.2, 0.25) is 0 Å². The standard InChI is InChI=1S/C28H27F3N4O2S/c29-22-7-8-25(30)26(17-22)38(36,37)19-21-5-4-6-23(27(21)31)28-24(20-9-11-32-12-10-20)18-35(33-28)16-15-34-13-2-1-3-14-34/h4-12,17-18H,1-3,13-16,19H2. The lowest BCUT2D eigenvalue weighted by atomic mass is 10.0. The summed E-state index contributed by atoms with van der Waals surface area (Å²) in [5.41, 5.74) is 1.80. The second kappa shape index (κ2) is 11.1. The van der Waals surface area contributed by atoms with Gasteiger partial charge in [-0.2, -0.15) is 5.10 Å². The minimum Gasteiger partial charge on any atom is -0.301 e. The van der Waals surface area contributed by atoms with Crippen LogP contribution in [0, 0.1) is 17.5 Å². The lowest BCUT2D eigenvalue weighted by molar-refractivity contribution is 0.218. The Morgan fingerprint density at radius 1 is 0.868 bits per heavy atom. The van der Waals surface area contributed by atoms with E-state index in [0.29, 0.717) is 23.9 Å². The number of sulfone groups is 1. The van der Waals surface area contributed by atoms with E-state index in [2.05, 4.69) is 9.88 Å². The molecule has 1 fully saturated rings. The van der Waals surface area contributed by atoms with Crippen molar-refractivity contribution in [1.29, 1.82) is 0 Å². The Bertz CT molecular complexity index is 1540. The van der Waals surface area contributed by atoms with Crippen LogP contribution in [-0.4, -0.2) is 47.7 Å². The molecule has 1 aliphatic rings. The van der Waals surface area contributed by atoms with Crippen molar-refractivity contribution >= 4 is 9.84 Å². The molecular weight excluding hydrogens is 513 g/mol. The lowest BCUT2D eigenvalue weighted by Gasteiger charge is -2.26. The van der Waals surface area contributed by atoms with E-state index in [1.165, 1.54) is 37.5 Å². The monoisotopic (exact) mass is 540 g/mol. The van der Waals surface area contributed by atoms with Crippen molar-refractivity contribution in [1.82, 2.24) is 19.7 Å². The molecule has 5 rings (SSSR count). The Kier molecular flexibility index (Phi) is 7.62. The number of aromatic nitrogens is 3.